The number of phenolic OH excluding ortho intramolecular Hbond substituents is 1. The third-order valence-corrected chi connectivity index (χ3v) is 3.48. The first kappa shape index (κ1) is 10.5. The molecule has 0 atom stereocenters. The van der Waals surface area contributed by atoms with Gasteiger partial charge in [0.25, 0.3) is 0 Å². The van der Waals surface area contributed by atoms with Gasteiger partial charge in [-0.3, -0.25) is 0 Å². The SMILES string of the molecule is Cc1cc(O)c(CCC2(N)CC2)cc1C. The second kappa shape index (κ2) is 3.53. The molecule has 2 rings (SSSR count). The van der Waals surface area contributed by atoms with E-state index in [0.29, 0.717) is 5.75 Å². The van der Waals surface area contributed by atoms with Crippen LogP contribution in [0.1, 0.15) is 36.0 Å². The first-order valence-corrected chi connectivity index (χ1v) is 5.58. The molecule has 0 heterocycles. The molecule has 0 bridgehead atoms. The van der Waals surface area contributed by atoms with Crippen molar-refractivity contribution >= 4 is 0 Å². The van der Waals surface area contributed by atoms with E-state index in [4.69, 9.17) is 5.73 Å². The Hall–Kier alpha value is -1.02. The predicted molar refractivity (Wildman–Crippen MR) is 62.1 cm³/mol. The Kier molecular flexibility index (Phi) is 2.47. The zero-order chi connectivity index (χ0) is 11.1. The highest BCUT2D eigenvalue weighted by Crippen LogP contribution is 2.37. The number of hydrogen-bond donors (Lipinski definition) is 2. The fourth-order valence-corrected chi connectivity index (χ4v) is 1.86. The predicted octanol–water partition coefficient (Wildman–Crippen LogP) is 2.43. The first-order valence-electron chi connectivity index (χ1n) is 5.58. The van der Waals surface area contributed by atoms with E-state index < -0.39 is 0 Å². The summed E-state index contributed by atoms with van der Waals surface area (Å²) in [5, 5.41) is 9.79. The van der Waals surface area contributed by atoms with Crippen molar-refractivity contribution in [2.75, 3.05) is 0 Å². The molecular weight excluding hydrogens is 186 g/mol. The van der Waals surface area contributed by atoms with Crippen molar-refractivity contribution in [3.8, 4) is 5.75 Å². The average molecular weight is 205 g/mol. The summed E-state index contributed by atoms with van der Waals surface area (Å²) in [7, 11) is 0. The smallest absolute Gasteiger partial charge is 0.119 e. The fourth-order valence-electron chi connectivity index (χ4n) is 1.86. The van der Waals surface area contributed by atoms with Crippen molar-refractivity contribution in [2.45, 2.75) is 45.1 Å². The summed E-state index contributed by atoms with van der Waals surface area (Å²) in [4.78, 5) is 0. The first-order chi connectivity index (χ1) is 7.00. The number of nitrogens with two attached hydrogens (primary N) is 1. The van der Waals surface area contributed by atoms with Crippen LogP contribution in [0, 0.1) is 13.8 Å². The largest absolute Gasteiger partial charge is 0.508 e. The zero-order valence-electron chi connectivity index (χ0n) is 9.51. The monoisotopic (exact) mass is 205 g/mol. The molecule has 15 heavy (non-hydrogen) atoms. The van der Waals surface area contributed by atoms with Gasteiger partial charge >= 0.3 is 0 Å². The summed E-state index contributed by atoms with van der Waals surface area (Å²) in [6.07, 6.45) is 4.16. The van der Waals surface area contributed by atoms with Gasteiger partial charge in [-0.1, -0.05) is 6.07 Å². The number of aryl methyl sites for hydroxylation is 3. The van der Waals surface area contributed by atoms with Crippen LogP contribution in [0.25, 0.3) is 0 Å². The molecule has 0 amide bonds. The van der Waals surface area contributed by atoms with Crippen molar-refractivity contribution in [1.29, 1.82) is 0 Å². The lowest BCUT2D eigenvalue weighted by molar-refractivity contribution is 0.463. The van der Waals surface area contributed by atoms with E-state index in [-0.39, 0.29) is 5.54 Å². The molecule has 1 fully saturated rings. The minimum absolute atomic E-state index is 0.0746. The van der Waals surface area contributed by atoms with Crippen LogP contribution in [0.4, 0.5) is 0 Å². The van der Waals surface area contributed by atoms with Gasteiger partial charge in [0.05, 0.1) is 0 Å². The van der Waals surface area contributed by atoms with Gasteiger partial charge < -0.3 is 10.8 Å². The average Bonchev–Trinajstić information content (AvgIpc) is 2.89. The van der Waals surface area contributed by atoms with Gasteiger partial charge in [0, 0.05) is 5.54 Å². The molecule has 1 saturated carbocycles. The van der Waals surface area contributed by atoms with E-state index in [9.17, 15) is 5.11 Å². The molecule has 3 N–H and O–H groups in total. The molecule has 0 aromatic heterocycles. The summed E-state index contributed by atoms with van der Waals surface area (Å²) in [6.45, 7) is 4.09. The van der Waals surface area contributed by atoms with Crippen molar-refractivity contribution in [1.82, 2.24) is 0 Å². The normalized spacial score (nSPS) is 17.8. The third-order valence-electron chi connectivity index (χ3n) is 3.48. The zero-order valence-corrected chi connectivity index (χ0v) is 9.51. The molecule has 1 aliphatic carbocycles. The van der Waals surface area contributed by atoms with E-state index >= 15 is 0 Å². The fraction of sp³-hybridized carbons (Fsp3) is 0.538. The molecular formula is C13H19NO. The summed E-state index contributed by atoms with van der Waals surface area (Å²) in [5.41, 5.74) is 9.53. The van der Waals surface area contributed by atoms with Gasteiger partial charge in [-0.05, 0) is 62.3 Å². The number of rotatable bonds is 3. The topological polar surface area (TPSA) is 46.2 Å². The van der Waals surface area contributed by atoms with Crippen LogP contribution in [0.2, 0.25) is 0 Å². The molecule has 1 aliphatic rings. The highest BCUT2D eigenvalue weighted by molar-refractivity contribution is 5.41. The Morgan fingerprint density at radius 2 is 1.87 bits per heavy atom. The van der Waals surface area contributed by atoms with E-state index in [0.717, 1.165) is 36.8 Å². The van der Waals surface area contributed by atoms with E-state index in [1.165, 1.54) is 5.56 Å². The minimum Gasteiger partial charge on any atom is -0.508 e. The Morgan fingerprint density at radius 3 is 2.47 bits per heavy atom. The maximum atomic E-state index is 9.79. The van der Waals surface area contributed by atoms with Crippen molar-refractivity contribution < 1.29 is 5.11 Å². The van der Waals surface area contributed by atoms with E-state index in [2.05, 4.69) is 13.0 Å². The second-order valence-electron chi connectivity index (χ2n) is 4.93. The molecule has 2 heteroatoms. The Morgan fingerprint density at radius 1 is 1.27 bits per heavy atom. The Bertz CT molecular complexity index is 380. The molecule has 0 aliphatic heterocycles. The molecule has 0 unspecified atom stereocenters. The van der Waals surface area contributed by atoms with Gasteiger partial charge in [-0.25, -0.2) is 0 Å². The molecule has 1 aromatic rings. The van der Waals surface area contributed by atoms with Crippen LogP contribution in [0.15, 0.2) is 12.1 Å². The number of hydrogen-bond acceptors (Lipinski definition) is 2. The van der Waals surface area contributed by atoms with Gasteiger partial charge in [-0.15, -0.1) is 0 Å². The highest BCUT2D eigenvalue weighted by atomic mass is 16.3. The Balaban J connectivity index is 2.10. The number of aromatic hydroxyl groups is 1. The van der Waals surface area contributed by atoms with Crippen molar-refractivity contribution in [3.63, 3.8) is 0 Å². The third kappa shape index (κ3) is 2.32. The number of benzene rings is 1. The summed E-state index contributed by atoms with van der Waals surface area (Å²) in [6, 6.07) is 3.93. The van der Waals surface area contributed by atoms with E-state index in [1.807, 2.05) is 13.0 Å². The van der Waals surface area contributed by atoms with Gasteiger partial charge in [0.15, 0.2) is 0 Å². The number of phenols is 1. The molecule has 0 radical (unpaired) electrons. The van der Waals surface area contributed by atoms with Crippen LogP contribution in [0.5, 0.6) is 5.75 Å². The van der Waals surface area contributed by atoms with Crippen LogP contribution in [-0.2, 0) is 6.42 Å². The van der Waals surface area contributed by atoms with Crippen LogP contribution in [0.3, 0.4) is 0 Å². The standard InChI is InChI=1S/C13H19NO/c1-9-7-11(12(15)8-10(9)2)3-4-13(14)5-6-13/h7-8,15H,3-6,14H2,1-2H3. The van der Waals surface area contributed by atoms with E-state index in [1.54, 1.807) is 0 Å². The molecule has 1 aromatic carbocycles. The highest BCUT2D eigenvalue weighted by Gasteiger charge is 2.37. The van der Waals surface area contributed by atoms with Gasteiger partial charge in [0.2, 0.25) is 0 Å². The van der Waals surface area contributed by atoms with Crippen molar-refractivity contribution in [2.24, 2.45) is 5.73 Å². The van der Waals surface area contributed by atoms with Crippen molar-refractivity contribution in [3.05, 3.63) is 28.8 Å². The molecule has 0 saturated heterocycles. The summed E-state index contributed by atoms with van der Waals surface area (Å²) < 4.78 is 0. The van der Waals surface area contributed by atoms with Gasteiger partial charge in [-0.2, -0.15) is 0 Å². The summed E-state index contributed by atoms with van der Waals surface area (Å²) in [5.74, 6) is 0.419. The molecule has 0 spiro atoms. The van der Waals surface area contributed by atoms with Gasteiger partial charge in [0.1, 0.15) is 5.75 Å². The van der Waals surface area contributed by atoms with Crippen LogP contribution in [-0.4, -0.2) is 10.6 Å². The lowest BCUT2D eigenvalue weighted by atomic mass is 9.99. The Labute approximate surface area is 91.1 Å². The van der Waals surface area contributed by atoms with Crippen LogP contribution >= 0.6 is 0 Å². The maximum absolute atomic E-state index is 9.79. The lowest BCUT2D eigenvalue weighted by Crippen LogP contribution is -2.22. The maximum Gasteiger partial charge on any atom is 0.119 e. The minimum atomic E-state index is 0.0746. The van der Waals surface area contributed by atoms with Crippen LogP contribution < -0.4 is 5.73 Å². The lowest BCUT2D eigenvalue weighted by Gasteiger charge is -2.11. The quantitative estimate of drug-likeness (QED) is 0.796. The summed E-state index contributed by atoms with van der Waals surface area (Å²) >= 11 is 0. The molecule has 2 nitrogen and oxygen atoms in total. The second-order valence-corrected chi connectivity index (χ2v) is 4.93. The molecule has 82 valence electrons.